The average Bonchev–Trinajstić information content (AvgIpc) is 2.67. The zero-order valence-electron chi connectivity index (χ0n) is 9.42. The number of hydrogen-bond acceptors (Lipinski definition) is 4. The molecule has 0 saturated carbocycles. The molecular weight excluding hydrogens is 218 g/mol. The van der Waals surface area contributed by atoms with Crippen molar-refractivity contribution in [3.8, 4) is 0 Å². The first-order chi connectivity index (χ1) is 8.13. The van der Waals surface area contributed by atoms with Gasteiger partial charge in [0.1, 0.15) is 12.4 Å². The molecule has 0 saturated heterocycles. The SMILES string of the molecule is Cc1ccc(NC(=O)Cn2cc(N)cn2)nc1. The summed E-state index contributed by atoms with van der Waals surface area (Å²) in [5, 5.41) is 6.60. The van der Waals surface area contributed by atoms with Crippen LogP contribution in [0.3, 0.4) is 0 Å². The van der Waals surface area contributed by atoms with Gasteiger partial charge >= 0.3 is 0 Å². The van der Waals surface area contributed by atoms with Crippen molar-refractivity contribution in [1.29, 1.82) is 0 Å². The highest BCUT2D eigenvalue weighted by molar-refractivity contribution is 5.89. The van der Waals surface area contributed by atoms with Crippen molar-refractivity contribution in [3.05, 3.63) is 36.3 Å². The number of carbonyl (C=O) groups is 1. The quantitative estimate of drug-likeness (QED) is 0.818. The van der Waals surface area contributed by atoms with Crippen LogP contribution in [0, 0.1) is 6.92 Å². The largest absolute Gasteiger partial charge is 0.396 e. The molecular formula is C11H13N5O. The highest BCUT2D eigenvalue weighted by Crippen LogP contribution is 2.04. The molecule has 0 bridgehead atoms. The number of pyridine rings is 1. The second-order valence-electron chi connectivity index (χ2n) is 3.74. The summed E-state index contributed by atoms with van der Waals surface area (Å²) in [6.07, 6.45) is 4.79. The van der Waals surface area contributed by atoms with E-state index in [1.807, 2.05) is 13.0 Å². The Bertz CT molecular complexity index is 517. The third-order valence-corrected chi connectivity index (χ3v) is 2.14. The molecule has 2 heterocycles. The predicted molar refractivity (Wildman–Crippen MR) is 64.2 cm³/mol. The number of aryl methyl sites for hydroxylation is 1. The Balaban J connectivity index is 1.95. The minimum atomic E-state index is -0.190. The molecule has 0 aliphatic heterocycles. The molecule has 0 aliphatic carbocycles. The number of amides is 1. The van der Waals surface area contributed by atoms with Crippen LogP contribution in [-0.4, -0.2) is 20.7 Å². The Morgan fingerprint density at radius 2 is 2.29 bits per heavy atom. The maximum Gasteiger partial charge on any atom is 0.247 e. The lowest BCUT2D eigenvalue weighted by Crippen LogP contribution is -2.19. The minimum Gasteiger partial charge on any atom is -0.396 e. The lowest BCUT2D eigenvalue weighted by molar-refractivity contribution is -0.116. The molecule has 6 nitrogen and oxygen atoms in total. The first-order valence-electron chi connectivity index (χ1n) is 5.14. The number of anilines is 2. The van der Waals surface area contributed by atoms with Crippen molar-refractivity contribution in [3.63, 3.8) is 0 Å². The van der Waals surface area contributed by atoms with Gasteiger partial charge in [-0.05, 0) is 18.6 Å². The standard InChI is InChI=1S/C11H13N5O/c1-8-2-3-10(13-4-8)15-11(17)7-16-6-9(12)5-14-16/h2-6H,7,12H2,1H3,(H,13,15,17). The smallest absolute Gasteiger partial charge is 0.247 e. The molecule has 0 spiro atoms. The fourth-order valence-corrected chi connectivity index (χ4v) is 1.34. The number of nitrogen functional groups attached to an aromatic ring is 1. The maximum atomic E-state index is 11.6. The Hall–Kier alpha value is -2.37. The molecule has 3 N–H and O–H groups in total. The van der Waals surface area contributed by atoms with E-state index < -0.39 is 0 Å². The minimum absolute atomic E-state index is 0.118. The molecule has 88 valence electrons. The van der Waals surface area contributed by atoms with Crippen molar-refractivity contribution in [2.75, 3.05) is 11.1 Å². The first kappa shape index (κ1) is 11.1. The Morgan fingerprint density at radius 3 is 2.88 bits per heavy atom. The van der Waals surface area contributed by atoms with Crippen molar-refractivity contribution in [2.24, 2.45) is 0 Å². The van der Waals surface area contributed by atoms with Crippen LogP contribution in [0.1, 0.15) is 5.56 Å². The average molecular weight is 231 g/mol. The van der Waals surface area contributed by atoms with Crippen LogP contribution in [0.25, 0.3) is 0 Å². The fraction of sp³-hybridized carbons (Fsp3) is 0.182. The van der Waals surface area contributed by atoms with Crippen molar-refractivity contribution in [2.45, 2.75) is 13.5 Å². The molecule has 0 atom stereocenters. The van der Waals surface area contributed by atoms with Gasteiger partial charge in [0.05, 0.1) is 11.9 Å². The predicted octanol–water partition coefficient (Wildman–Crippen LogP) is 0.807. The third-order valence-electron chi connectivity index (χ3n) is 2.14. The number of rotatable bonds is 3. The molecule has 0 aliphatic rings. The first-order valence-corrected chi connectivity index (χ1v) is 5.14. The van der Waals surface area contributed by atoms with Crippen molar-refractivity contribution < 1.29 is 4.79 Å². The van der Waals surface area contributed by atoms with Gasteiger partial charge in [-0.25, -0.2) is 4.98 Å². The molecule has 2 aromatic heterocycles. The van der Waals surface area contributed by atoms with Crippen LogP contribution >= 0.6 is 0 Å². The molecule has 0 fully saturated rings. The van der Waals surface area contributed by atoms with Gasteiger partial charge in [-0.3, -0.25) is 9.48 Å². The zero-order valence-corrected chi connectivity index (χ0v) is 9.42. The molecule has 2 rings (SSSR count). The molecule has 1 amide bonds. The maximum absolute atomic E-state index is 11.6. The number of nitrogens with two attached hydrogens (primary N) is 1. The highest BCUT2D eigenvalue weighted by Gasteiger charge is 2.05. The van der Waals surface area contributed by atoms with Crippen molar-refractivity contribution in [1.82, 2.24) is 14.8 Å². The normalized spacial score (nSPS) is 10.2. The summed E-state index contributed by atoms with van der Waals surface area (Å²) in [6.45, 7) is 2.05. The van der Waals surface area contributed by atoms with Gasteiger partial charge < -0.3 is 11.1 Å². The van der Waals surface area contributed by atoms with E-state index in [1.165, 1.54) is 10.9 Å². The van der Waals surface area contributed by atoms with E-state index in [2.05, 4.69) is 15.4 Å². The monoisotopic (exact) mass is 231 g/mol. The fourth-order valence-electron chi connectivity index (χ4n) is 1.34. The van der Waals surface area contributed by atoms with Gasteiger partial charge in [-0.1, -0.05) is 6.07 Å². The van der Waals surface area contributed by atoms with Crippen LogP contribution in [-0.2, 0) is 11.3 Å². The summed E-state index contributed by atoms with van der Waals surface area (Å²) < 4.78 is 1.47. The van der Waals surface area contributed by atoms with Crippen molar-refractivity contribution >= 4 is 17.4 Å². The Labute approximate surface area is 98.5 Å². The van der Waals surface area contributed by atoms with E-state index >= 15 is 0 Å². The third kappa shape index (κ3) is 3.04. The van der Waals surface area contributed by atoms with E-state index in [1.54, 1.807) is 18.5 Å². The summed E-state index contributed by atoms with van der Waals surface area (Å²) in [5.41, 5.74) is 7.07. The van der Waals surface area contributed by atoms with Crippen LogP contribution in [0.4, 0.5) is 11.5 Å². The Kier molecular flexibility index (Phi) is 3.04. The van der Waals surface area contributed by atoms with E-state index in [0.29, 0.717) is 11.5 Å². The summed E-state index contributed by atoms with van der Waals surface area (Å²) in [5.74, 6) is 0.338. The van der Waals surface area contributed by atoms with Crippen LogP contribution in [0.15, 0.2) is 30.7 Å². The number of carbonyl (C=O) groups excluding carboxylic acids is 1. The second kappa shape index (κ2) is 4.65. The molecule has 6 heteroatoms. The number of hydrogen-bond donors (Lipinski definition) is 2. The van der Waals surface area contributed by atoms with Gasteiger partial charge in [-0.15, -0.1) is 0 Å². The van der Waals surface area contributed by atoms with E-state index in [4.69, 9.17) is 5.73 Å². The molecule has 2 aromatic rings. The van der Waals surface area contributed by atoms with E-state index in [9.17, 15) is 4.79 Å². The second-order valence-corrected chi connectivity index (χ2v) is 3.74. The topological polar surface area (TPSA) is 85.8 Å². The number of aromatic nitrogens is 3. The highest BCUT2D eigenvalue weighted by atomic mass is 16.2. The van der Waals surface area contributed by atoms with Gasteiger partial charge in [0, 0.05) is 12.4 Å². The summed E-state index contributed by atoms with van der Waals surface area (Å²) >= 11 is 0. The van der Waals surface area contributed by atoms with Crippen LogP contribution in [0.2, 0.25) is 0 Å². The number of nitrogens with one attached hydrogen (secondary N) is 1. The van der Waals surface area contributed by atoms with E-state index in [0.717, 1.165) is 5.56 Å². The summed E-state index contributed by atoms with van der Waals surface area (Å²) in [4.78, 5) is 15.7. The summed E-state index contributed by atoms with van der Waals surface area (Å²) in [7, 11) is 0. The van der Waals surface area contributed by atoms with E-state index in [-0.39, 0.29) is 12.5 Å². The summed E-state index contributed by atoms with van der Waals surface area (Å²) in [6, 6.07) is 3.64. The Morgan fingerprint density at radius 1 is 1.47 bits per heavy atom. The molecule has 17 heavy (non-hydrogen) atoms. The van der Waals surface area contributed by atoms with Gasteiger partial charge in [-0.2, -0.15) is 5.10 Å². The van der Waals surface area contributed by atoms with Gasteiger partial charge in [0.2, 0.25) is 5.91 Å². The molecule has 0 unspecified atom stereocenters. The van der Waals surface area contributed by atoms with Crippen LogP contribution in [0.5, 0.6) is 0 Å². The molecule has 0 aromatic carbocycles. The molecule has 0 radical (unpaired) electrons. The number of nitrogens with zero attached hydrogens (tertiary/aromatic N) is 3. The van der Waals surface area contributed by atoms with Crippen LogP contribution < -0.4 is 11.1 Å². The zero-order chi connectivity index (χ0) is 12.3. The van der Waals surface area contributed by atoms with Gasteiger partial charge in [0.15, 0.2) is 0 Å². The lowest BCUT2D eigenvalue weighted by Gasteiger charge is -2.04. The lowest BCUT2D eigenvalue weighted by atomic mass is 10.3. The van der Waals surface area contributed by atoms with Gasteiger partial charge in [0.25, 0.3) is 0 Å².